The molecule has 3 nitrogen and oxygen atoms in total. The number of nitrogens with zero attached hydrogens (tertiary/aromatic N) is 1. The van der Waals surface area contributed by atoms with Crippen LogP contribution in [0.25, 0.3) is 0 Å². The molecule has 0 aromatic carbocycles. The maximum Gasteiger partial charge on any atom is 0.136 e. The predicted molar refractivity (Wildman–Crippen MR) is 45.0 cm³/mol. The van der Waals surface area contributed by atoms with Gasteiger partial charge in [0.2, 0.25) is 0 Å². The molecule has 12 heavy (non-hydrogen) atoms. The van der Waals surface area contributed by atoms with Crippen molar-refractivity contribution in [3.63, 3.8) is 0 Å². The molecule has 2 aliphatic heterocycles. The summed E-state index contributed by atoms with van der Waals surface area (Å²) in [7, 11) is 3.84. The number of carbonyl (C=O) groups excluding carboxylic acids is 1. The van der Waals surface area contributed by atoms with E-state index in [1.54, 1.807) is 7.11 Å². The predicted octanol–water partition coefficient (Wildman–Crippen LogP) is 0.437. The summed E-state index contributed by atoms with van der Waals surface area (Å²) in [6.45, 7) is 0. The number of rotatable bonds is 1. The fraction of sp³-hybridized carbons (Fsp3) is 0.889. The van der Waals surface area contributed by atoms with Gasteiger partial charge in [0.15, 0.2) is 0 Å². The van der Waals surface area contributed by atoms with Gasteiger partial charge in [-0.05, 0) is 13.5 Å². The van der Waals surface area contributed by atoms with E-state index < -0.39 is 0 Å². The zero-order valence-corrected chi connectivity index (χ0v) is 7.62. The second kappa shape index (κ2) is 2.82. The van der Waals surface area contributed by atoms with Gasteiger partial charge in [-0.25, -0.2) is 0 Å². The van der Waals surface area contributed by atoms with Crippen LogP contribution in [0.4, 0.5) is 0 Å². The highest BCUT2D eigenvalue weighted by Crippen LogP contribution is 2.33. The Hall–Kier alpha value is -0.410. The Bertz CT molecular complexity index is 205. The van der Waals surface area contributed by atoms with E-state index in [4.69, 9.17) is 4.74 Å². The highest BCUT2D eigenvalue weighted by molar-refractivity contribution is 5.81. The number of Topliss-reactive ketones (excluding diaryl/α,β-unsaturated/α-hetero) is 1. The molecule has 0 aliphatic carbocycles. The van der Waals surface area contributed by atoms with Crippen molar-refractivity contribution in [3.05, 3.63) is 0 Å². The van der Waals surface area contributed by atoms with E-state index in [9.17, 15) is 4.79 Å². The molecule has 0 N–H and O–H groups in total. The Kier molecular flexibility index (Phi) is 1.93. The Morgan fingerprint density at radius 1 is 1.50 bits per heavy atom. The molecule has 0 aromatic rings. The van der Waals surface area contributed by atoms with Crippen LogP contribution in [0, 0.1) is 0 Å². The van der Waals surface area contributed by atoms with Crippen molar-refractivity contribution in [2.24, 2.45) is 0 Å². The minimum absolute atomic E-state index is 0.284. The summed E-state index contributed by atoms with van der Waals surface area (Å²) < 4.78 is 5.35. The summed E-state index contributed by atoms with van der Waals surface area (Å²) in [6, 6.07) is 0.794. The van der Waals surface area contributed by atoms with E-state index in [1.807, 2.05) is 0 Å². The fourth-order valence-corrected chi connectivity index (χ4v) is 2.46. The number of likely N-dealkylation sites (N-methyl/N-ethyl adjacent to an activating group) is 1. The van der Waals surface area contributed by atoms with E-state index in [-0.39, 0.29) is 6.10 Å². The molecule has 3 atom stereocenters. The van der Waals surface area contributed by atoms with Crippen LogP contribution in [0.15, 0.2) is 0 Å². The number of ether oxygens (including phenoxy) is 1. The molecule has 2 rings (SSSR count). The number of piperidine rings is 1. The molecule has 0 radical (unpaired) electrons. The number of fused-ring (bicyclic) bond motifs is 2. The van der Waals surface area contributed by atoms with Crippen molar-refractivity contribution in [3.8, 4) is 0 Å². The third kappa shape index (κ3) is 1.08. The first-order chi connectivity index (χ1) is 5.72. The monoisotopic (exact) mass is 169 g/mol. The molecular formula is C9H15NO2. The second-order valence-corrected chi connectivity index (χ2v) is 3.84. The molecule has 3 heteroatoms. The minimum Gasteiger partial charge on any atom is -0.380 e. The fourth-order valence-electron chi connectivity index (χ4n) is 2.46. The smallest absolute Gasteiger partial charge is 0.136 e. The van der Waals surface area contributed by atoms with Crippen LogP contribution >= 0.6 is 0 Å². The van der Waals surface area contributed by atoms with Crippen LogP contribution in [0.3, 0.4) is 0 Å². The molecule has 3 unspecified atom stereocenters. The summed E-state index contributed by atoms with van der Waals surface area (Å²) in [5, 5.41) is 0. The Labute approximate surface area is 72.7 Å². The topological polar surface area (TPSA) is 29.5 Å². The summed E-state index contributed by atoms with van der Waals surface area (Å²) in [5.74, 6) is 0.405. The lowest BCUT2D eigenvalue weighted by Crippen LogP contribution is -2.42. The van der Waals surface area contributed by atoms with E-state index in [0.29, 0.717) is 24.3 Å². The summed E-state index contributed by atoms with van der Waals surface area (Å²) >= 11 is 0. The molecule has 0 amide bonds. The molecule has 2 bridgehead atoms. The average Bonchev–Trinajstić information content (AvgIpc) is 2.27. The average molecular weight is 169 g/mol. The summed E-state index contributed by atoms with van der Waals surface area (Å²) in [6.07, 6.45) is 2.73. The van der Waals surface area contributed by atoms with Gasteiger partial charge in [-0.2, -0.15) is 0 Å². The lowest BCUT2D eigenvalue weighted by molar-refractivity contribution is -0.123. The number of hydrogen-bond acceptors (Lipinski definition) is 3. The zero-order chi connectivity index (χ0) is 8.72. The number of hydrogen-bond donors (Lipinski definition) is 0. The number of ketones is 1. The molecule has 0 saturated carbocycles. The van der Waals surface area contributed by atoms with Crippen LogP contribution in [0.1, 0.15) is 19.3 Å². The Balaban J connectivity index is 2.16. The van der Waals surface area contributed by atoms with Crippen LogP contribution < -0.4 is 0 Å². The minimum atomic E-state index is 0.284. The number of carbonyl (C=O) groups is 1. The standard InChI is InChI=1S/C9H15NO2/c1-10-6-3-7(11)5-8(10)9(4-6)12-2/h6,8-9H,3-5H2,1-2H3. The van der Waals surface area contributed by atoms with Gasteiger partial charge in [0, 0.05) is 32.0 Å². The van der Waals surface area contributed by atoms with Crippen molar-refractivity contribution in [1.82, 2.24) is 4.90 Å². The highest BCUT2D eigenvalue weighted by Gasteiger charge is 2.44. The van der Waals surface area contributed by atoms with E-state index >= 15 is 0 Å². The quantitative estimate of drug-likeness (QED) is 0.570. The van der Waals surface area contributed by atoms with Crippen LogP contribution in [0.5, 0.6) is 0 Å². The van der Waals surface area contributed by atoms with Crippen LogP contribution in [0.2, 0.25) is 0 Å². The van der Waals surface area contributed by atoms with Crippen molar-refractivity contribution in [2.45, 2.75) is 37.5 Å². The van der Waals surface area contributed by atoms with E-state index in [1.165, 1.54) is 0 Å². The van der Waals surface area contributed by atoms with E-state index in [2.05, 4.69) is 11.9 Å². The molecule has 68 valence electrons. The highest BCUT2D eigenvalue weighted by atomic mass is 16.5. The van der Waals surface area contributed by atoms with Gasteiger partial charge in [0.1, 0.15) is 5.78 Å². The Morgan fingerprint density at radius 3 is 2.92 bits per heavy atom. The van der Waals surface area contributed by atoms with Gasteiger partial charge in [0.25, 0.3) is 0 Å². The van der Waals surface area contributed by atoms with Crippen molar-refractivity contribution in [2.75, 3.05) is 14.2 Å². The maximum atomic E-state index is 11.2. The largest absolute Gasteiger partial charge is 0.380 e. The van der Waals surface area contributed by atoms with Gasteiger partial charge in [-0.15, -0.1) is 0 Å². The lowest BCUT2D eigenvalue weighted by atomic mass is 10.0. The first kappa shape index (κ1) is 8.20. The molecule has 2 aliphatic rings. The first-order valence-corrected chi connectivity index (χ1v) is 4.49. The van der Waals surface area contributed by atoms with Gasteiger partial charge in [-0.3, -0.25) is 9.69 Å². The molecule has 0 aromatic heterocycles. The third-order valence-electron chi connectivity index (χ3n) is 3.24. The maximum absolute atomic E-state index is 11.2. The van der Waals surface area contributed by atoms with Crippen molar-refractivity contribution < 1.29 is 9.53 Å². The Morgan fingerprint density at radius 2 is 2.25 bits per heavy atom. The zero-order valence-electron chi connectivity index (χ0n) is 7.62. The molecule has 2 fully saturated rings. The normalized spacial score (nSPS) is 42.2. The second-order valence-electron chi connectivity index (χ2n) is 3.84. The van der Waals surface area contributed by atoms with Crippen molar-refractivity contribution in [1.29, 1.82) is 0 Å². The van der Waals surface area contributed by atoms with E-state index in [0.717, 1.165) is 12.8 Å². The van der Waals surface area contributed by atoms with Crippen molar-refractivity contribution >= 4 is 5.78 Å². The SMILES string of the molecule is COC1CC2CC(=O)CC1N2C. The third-order valence-corrected chi connectivity index (χ3v) is 3.24. The van der Waals surface area contributed by atoms with Crippen LogP contribution in [-0.2, 0) is 9.53 Å². The van der Waals surface area contributed by atoms with Gasteiger partial charge >= 0.3 is 0 Å². The lowest BCUT2D eigenvalue weighted by Gasteiger charge is -2.30. The summed E-state index contributed by atoms with van der Waals surface area (Å²) in [4.78, 5) is 13.5. The molecule has 2 saturated heterocycles. The number of methoxy groups -OCH3 is 1. The van der Waals surface area contributed by atoms with Gasteiger partial charge < -0.3 is 4.74 Å². The first-order valence-electron chi connectivity index (χ1n) is 4.49. The van der Waals surface area contributed by atoms with Crippen LogP contribution in [-0.4, -0.2) is 43.0 Å². The summed E-state index contributed by atoms with van der Waals surface area (Å²) in [5.41, 5.74) is 0. The molecule has 2 heterocycles. The van der Waals surface area contributed by atoms with Gasteiger partial charge in [-0.1, -0.05) is 0 Å². The molecular weight excluding hydrogens is 154 g/mol. The molecule has 0 spiro atoms. The van der Waals surface area contributed by atoms with Gasteiger partial charge in [0.05, 0.1) is 6.10 Å².